The number of hydrogen-bond donors (Lipinski definition) is 1. The van der Waals surface area contributed by atoms with E-state index in [2.05, 4.69) is 28.2 Å². The zero-order valence-electron chi connectivity index (χ0n) is 12.4. The normalized spacial score (nSPS) is 19.5. The van der Waals surface area contributed by atoms with Gasteiger partial charge in [-0.25, -0.2) is 0 Å². The second-order valence-electron chi connectivity index (χ2n) is 5.92. The van der Waals surface area contributed by atoms with Crippen molar-refractivity contribution in [2.24, 2.45) is 11.8 Å². The molecule has 0 spiro atoms. The number of halogens is 1. The summed E-state index contributed by atoms with van der Waals surface area (Å²) in [5.41, 5.74) is 0. The van der Waals surface area contributed by atoms with Crippen LogP contribution in [0.15, 0.2) is 0 Å². The Morgan fingerprint density at radius 2 is 1.79 bits per heavy atom. The number of carbonyl (C=O) groups excluding carboxylic acids is 1. The summed E-state index contributed by atoms with van der Waals surface area (Å²) in [5, 5.41) is 4.25. The van der Waals surface area contributed by atoms with Gasteiger partial charge in [-0.05, 0) is 31.6 Å². The molecule has 19 heavy (non-hydrogen) atoms. The Labute approximate surface area is 127 Å². The Balaban J connectivity index is 2.30. The molecule has 0 bridgehead atoms. The van der Waals surface area contributed by atoms with Gasteiger partial charge >= 0.3 is 0 Å². The van der Waals surface area contributed by atoms with Crippen LogP contribution in [0.1, 0.15) is 71.1 Å². The summed E-state index contributed by atoms with van der Waals surface area (Å²) in [7, 11) is 0. The van der Waals surface area contributed by atoms with Gasteiger partial charge in [0.05, 0.1) is 0 Å². The third-order valence-electron chi connectivity index (χ3n) is 4.26. The van der Waals surface area contributed by atoms with Gasteiger partial charge in [-0.3, -0.25) is 4.79 Å². The van der Waals surface area contributed by atoms with Gasteiger partial charge in [-0.15, -0.1) is 0 Å². The number of hydrogen-bond acceptors (Lipinski definition) is 1. The van der Waals surface area contributed by atoms with E-state index in [9.17, 15) is 4.79 Å². The fourth-order valence-corrected chi connectivity index (χ4v) is 3.67. The summed E-state index contributed by atoms with van der Waals surface area (Å²) < 4.78 is 0. The number of nitrogens with one attached hydrogen (secondary N) is 1. The average molecular weight is 332 g/mol. The highest BCUT2D eigenvalue weighted by Crippen LogP contribution is 2.22. The van der Waals surface area contributed by atoms with Crippen molar-refractivity contribution in [2.75, 3.05) is 11.9 Å². The predicted molar refractivity (Wildman–Crippen MR) is 85.6 cm³/mol. The van der Waals surface area contributed by atoms with Crippen molar-refractivity contribution in [1.82, 2.24) is 5.32 Å². The molecule has 1 N–H and O–H groups in total. The molecule has 1 unspecified atom stereocenters. The van der Waals surface area contributed by atoms with E-state index in [4.69, 9.17) is 0 Å². The van der Waals surface area contributed by atoms with Crippen LogP contribution in [-0.4, -0.2) is 17.8 Å². The lowest BCUT2D eigenvalue weighted by atomic mass is 9.90. The minimum absolute atomic E-state index is 0.284. The van der Waals surface area contributed by atoms with Gasteiger partial charge in [-0.2, -0.15) is 0 Å². The van der Waals surface area contributed by atoms with E-state index < -0.39 is 0 Å². The Morgan fingerprint density at radius 3 is 2.37 bits per heavy atom. The van der Waals surface area contributed by atoms with Crippen LogP contribution in [0.5, 0.6) is 0 Å². The molecular formula is C16H30BrNO. The maximum Gasteiger partial charge on any atom is 0.223 e. The number of rotatable bonds is 7. The molecule has 1 saturated carbocycles. The molecule has 0 aromatic rings. The van der Waals surface area contributed by atoms with Crippen molar-refractivity contribution in [3.63, 3.8) is 0 Å². The number of carbonyl (C=O) groups is 1. The van der Waals surface area contributed by atoms with Crippen LogP contribution < -0.4 is 5.32 Å². The van der Waals surface area contributed by atoms with Crippen molar-refractivity contribution < 1.29 is 4.79 Å². The standard InChI is InChI=1S/C16H30BrNO/c1-2-8-14(11-12-17)13-18-16(19)15-9-6-4-3-5-7-10-15/h14-15H,2-13H2,1H3,(H,18,19). The number of amides is 1. The Kier molecular flexibility index (Phi) is 9.58. The van der Waals surface area contributed by atoms with Gasteiger partial charge in [0.2, 0.25) is 5.91 Å². The van der Waals surface area contributed by atoms with Gasteiger partial charge in [0.25, 0.3) is 0 Å². The van der Waals surface area contributed by atoms with Gasteiger partial charge in [0.15, 0.2) is 0 Å². The molecule has 0 aromatic carbocycles. The molecule has 2 nitrogen and oxygen atoms in total. The molecule has 3 heteroatoms. The molecule has 0 aromatic heterocycles. The second kappa shape index (κ2) is 10.7. The first-order valence-electron chi connectivity index (χ1n) is 8.11. The SMILES string of the molecule is CCCC(CCBr)CNC(=O)C1CCCCCCC1. The minimum atomic E-state index is 0.284. The second-order valence-corrected chi connectivity index (χ2v) is 6.71. The van der Waals surface area contributed by atoms with E-state index >= 15 is 0 Å². The molecule has 1 amide bonds. The van der Waals surface area contributed by atoms with Crippen molar-refractivity contribution in [1.29, 1.82) is 0 Å². The van der Waals surface area contributed by atoms with E-state index in [1.165, 1.54) is 51.4 Å². The Bertz CT molecular complexity index is 231. The average Bonchev–Trinajstić information content (AvgIpc) is 2.36. The first-order valence-corrected chi connectivity index (χ1v) is 9.23. The van der Waals surface area contributed by atoms with Crippen LogP contribution in [0.4, 0.5) is 0 Å². The van der Waals surface area contributed by atoms with Crippen LogP contribution in [0, 0.1) is 11.8 Å². The van der Waals surface area contributed by atoms with E-state index in [1.807, 2.05) is 0 Å². The van der Waals surface area contributed by atoms with E-state index in [-0.39, 0.29) is 5.92 Å². The van der Waals surface area contributed by atoms with Crippen LogP contribution in [0.3, 0.4) is 0 Å². The van der Waals surface area contributed by atoms with E-state index in [0.717, 1.165) is 24.7 Å². The Hall–Kier alpha value is -0.0500. The molecule has 1 aliphatic rings. The highest BCUT2D eigenvalue weighted by molar-refractivity contribution is 9.09. The van der Waals surface area contributed by atoms with Crippen molar-refractivity contribution in [2.45, 2.75) is 71.1 Å². The third kappa shape index (κ3) is 7.34. The summed E-state index contributed by atoms with van der Waals surface area (Å²) in [6.07, 6.45) is 12.2. The highest BCUT2D eigenvalue weighted by atomic mass is 79.9. The fraction of sp³-hybridized carbons (Fsp3) is 0.938. The highest BCUT2D eigenvalue weighted by Gasteiger charge is 2.19. The van der Waals surface area contributed by atoms with Gasteiger partial charge < -0.3 is 5.32 Å². The summed E-state index contributed by atoms with van der Waals surface area (Å²) in [4.78, 5) is 12.3. The smallest absolute Gasteiger partial charge is 0.223 e. The summed E-state index contributed by atoms with van der Waals surface area (Å²) in [6, 6.07) is 0. The maximum atomic E-state index is 12.3. The largest absolute Gasteiger partial charge is 0.356 e. The maximum absolute atomic E-state index is 12.3. The van der Waals surface area contributed by atoms with Crippen molar-refractivity contribution >= 4 is 21.8 Å². The monoisotopic (exact) mass is 331 g/mol. The Morgan fingerprint density at radius 1 is 1.16 bits per heavy atom. The lowest BCUT2D eigenvalue weighted by Crippen LogP contribution is -2.35. The quantitative estimate of drug-likeness (QED) is 0.675. The topological polar surface area (TPSA) is 29.1 Å². The minimum Gasteiger partial charge on any atom is -0.356 e. The summed E-state index contributed by atoms with van der Waals surface area (Å²) in [5.74, 6) is 1.24. The lowest BCUT2D eigenvalue weighted by molar-refractivity contribution is -0.125. The van der Waals surface area contributed by atoms with Gasteiger partial charge in [0.1, 0.15) is 0 Å². The van der Waals surface area contributed by atoms with Gasteiger partial charge in [0, 0.05) is 17.8 Å². The molecule has 112 valence electrons. The lowest BCUT2D eigenvalue weighted by Gasteiger charge is -2.21. The summed E-state index contributed by atoms with van der Waals surface area (Å²) >= 11 is 3.51. The first kappa shape index (κ1) is 17.0. The molecule has 0 heterocycles. The fourth-order valence-electron chi connectivity index (χ4n) is 3.02. The summed E-state index contributed by atoms with van der Waals surface area (Å²) in [6.45, 7) is 3.09. The van der Waals surface area contributed by atoms with E-state index in [1.54, 1.807) is 0 Å². The molecule has 0 radical (unpaired) electrons. The molecule has 1 aliphatic carbocycles. The molecule has 0 saturated heterocycles. The van der Waals surface area contributed by atoms with Crippen molar-refractivity contribution in [3.05, 3.63) is 0 Å². The first-order chi connectivity index (χ1) is 9.27. The third-order valence-corrected chi connectivity index (χ3v) is 4.71. The molecule has 1 fully saturated rings. The molecule has 1 rings (SSSR count). The molecular weight excluding hydrogens is 302 g/mol. The van der Waals surface area contributed by atoms with Crippen LogP contribution >= 0.6 is 15.9 Å². The van der Waals surface area contributed by atoms with Crippen LogP contribution in [0.2, 0.25) is 0 Å². The van der Waals surface area contributed by atoms with Gasteiger partial charge in [-0.1, -0.05) is 61.4 Å². The number of alkyl halides is 1. The zero-order valence-corrected chi connectivity index (χ0v) is 14.0. The van der Waals surface area contributed by atoms with E-state index in [0.29, 0.717) is 11.8 Å². The molecule has 1 atom stereocenters. The van der Waals surface area contributed by atoms with Crippen LogP contribution in [-0.2, 0) is 4.79 Å². The molecule has 0 aliphatic heterocycles. The van der Waals surface area contributed by atoms with Crippen LogP contribution in [0.25, 0.3) is 0 Å². The zero-order chi connectivity index (χ0) is 13.9. The predicted octanol–water partition coefficient (Wildman–Crippen LogP) is 4.66. The van der Waals surface area contributed by atoms with Crippen molar-refractivity contribution in [3.8, 4) is 0 Å².